The van der Waals surface area contributed by atoms with E-state index in [1.807, 2.05) is 0 Å². The number of methoxy groups -OCH3 is 1. The van der Waals surface area contributed by atoms with Crippen LogP contribution in [0.25, 0.3) is 0 Å². The molecular weight excluding hydrogens is 330 g/mol. The van der Waals surface area contributed by atoms with Gasteiger partial charge in [0.05, 0.1) is 23.3 Å². The molecule has 2 aromatic rings. The predicted molar refractivity (Wildman–Crippen MR) is 73.0 cm³/mol. The number of aryl methyl sites for hydroxylation is 1. The molecule has 0 bridgehead atoms. The average molecular weight is 342 g/mol. The molecule has 0 fully saturated rings. The van der Waals surface area contributed by atoms with E-state index in [0.29, 0.717) is 21.7 Å². The lowest BCUT2D eigenvalue weighted by atomic mass is 10.2. The van der Waals surface area contributed by atoms with Gasteiger partial charge in [0.15, 0.2) is 11.5 Å². The topological polar surface area (TPSA) is 86.5 Å². The number of aromatic nitrogens is 3. The van der Waals surface area contributed by atoms with Gasteiger partial charge in [-0.15, -0.1) is 5.10 Å². The van der Waals surface area contributed by atoms with Gasteiger partial charge in [0, 0.05) is 7.05 Å². The first-order valence-corrected chi connectivity index (χ1v) is 6.39. The summed E-state index contributed by atoms with van der Waals surface area (Å²) < 4.78 is 12.8. The Hall–Kier alpha value is -2.09. The smallest absolute Gasteiger partial charge is 0.335 e. The molecule has 0 spiro atoms. The highest BCUT2D eigenvalue weighted by Gasteiger charge is 2.15. The number of rotatable bonds is 5. The highest BCUT2D eigenvalue weighted by molar-refractivity contribution is 9.10. The van der Waals surface area contributed by atoms with Gasteiger partial charge >= 0.3 is 5.97 Å². The first-order chi connectivity index (χ1) is 9.51. The zero-order valence-electron chi connectivity index (χ0n) is 10.8. The molecule has 2 rings (SSSR count). The Morgan fingerprint density at radius 3 is 2.80 bits per heavy atom. The van der Waals surface area contributed by atoms with E-state index in [-0.39, 0.29) is 12.2 Å². The number of hydrogen-bond acceptors (Lipinski definition) is 5. The van der Waals surface area contributed by atoms with Crippen LogP contribution in [0.4, 0.5) is 0 Å². The SMILES string of the molecule is COc1cc(C(=O)O)cc(Br)c1OCc1cn(C)nn1. The number of carbonyl (C=O) groups is 1. The fourth-order valence-corrected chi connectivity index (χ4v) is 2.15. The van der Waals surface area contributed by atoms with Crippen molar-refractivity contribution in [2.45, 2.75) is 6.61 Å². The number of benzene rings is 1. The maximum atomic E-state index is 11.0. The van der Waals surface area contributed by atoms with Crippen LogP contribution >= 0.6 is 15.9 Å². The molecule has 1 aromatic heterocycles. The number of hydrogen-bond donors (Lipinski definition) is 1. The summed E-state index contributed by atoms with van der Waals surface area (Å²) in [6, 6.07) is 2.86. The molecule has 0 saturated heterocycles. The minimum absolute atomic E-state index is 0.112. The molecule has 0 aliphatic carbocycles. The number of aromatic carboxylic acids is 1. The lowest BCUT2D eigenvalue weighted by Crippen LogP contribution is -2.02. The van der Waals surface area contributed by atoms with Crippen LogP contribution in [-0.4, -0.2) is 33.2 Å². The normalized spacial score (nSPS) is 10.3. The van der Waals surface area contributed by atoms with E-state index in [0.717, 1.165) is 0 Å². The van der Waals surface area contributed by atoms with E-state index in [9.17, 15) is 4.79 Å². The Bertz CT molecular complexity index is 642. The Kier molecular flexibility index (Phi) is 4.23. The third-order valence-electron chi connectivity index (χ3n) is 2.49. The van der Waals surface area contributed by atoms with Gasteiger partial charge < -0.3 is 14.6 Å². The Morgan fingerprint density at radius 1 is 1.50 bits per heavy atom. The lowest BCUT2D eigenvalue weighted by molar-refractivity contribution is 0.0696. The average Bonchev–Trinajstić information content (AvgIpc) is 2.82. The van der Waals surface area contributed by atoms with E-state index >= 15 is 0 Å². The fourth-order valence-electron chi connectivity index (χ4n) is 1.59. The molecule has 7 nitrogen and oxygen atoms in total. The van der Waals surface area contributed by atoms with Crippen LogP contribution in [0.1, 0.15) is 16.1 Å². The van der Waals surface area contributed by atoms with E-state index < -0.39 is 5.97 Å². The van der Waals surface area contributed by atoms with E-state index in [2.05, 4.69) is 26.2 Å². The number of carboxylic acids is 1. The second-order valence-corrected chi connectivity index (χ2v) is 4.82. The molecule has 0 saturated carbocycles. The summed E-state index contributed by atoms with van der Waals surface area (Å²) in [5, 5.41) is 16.7. The van der Waals surface area contributed by atoms with Crippen LogP contribution in [0.2, 0.25) is 0 Å². The molecule has 1 N–H and O–H groups in total. The number of ether oxygens (including phenoxy) is 2. The first-order valence-electron chi connectivity index (χ1n) is 5.60. The van der Waals surface area contributed by atoms with Gasteiger partial charge in [-0.2, -0.15) is 0 Å². The minimum Gasteiger partial charge on any atom is -0.493 e. The minimum atomic E-state index is -1.04. The Morgan fingerprint density at radius 2 is 2.25 bits per heavy atom. The van der Waals surface area contributed by atoms with Crippen molar-refractivity contribution < 1.29 is 19.4 Å². The third kappa shape index (κ3) is 3.08. The second-order valence-electron chi connectivity index (χ2n) is 3.97. The van der Waals surface area contributed by atoms with Crippen LogP contribution in [-0.2, 0) is 13.7 Å². The van der Waals surface area contributed by atoms with E-state index in [1.54, 1.807) is 17.9 Å². The molecule has 0 aliphatic heterocycles. The van der Waals surface area contributed by atoms with Crippen molar-refractivity contribution in [3.8, 4) is 11.5 Å². The van der Waals surface area contributed by atoms with Crippen molar-refractivity contribution in [1.82, 2.24) is 15.0 Å². The van der Waals surface area contributed by atoms with Crippen LogP contribution in [0, 0.1) is 0 Å². The Labute approximate surface area is 123 Å². The van der Waals surface area contributed by atoms with Gasteiger partial charge in [-0.1, -0.05) is 5.21 Å². The highest BCUT2D eigenvalue weighted by atomic mass is 79.9. The maximum absolute atomic E-state index is 11.0. The molecule has 20 heavy (non-hydrogen) atoms. The second kappa shape index (κ2) is 5.91. The van der Waals surface area contributed by atoms with Crippen molar-refractivity contribution in [2.24, 2.45) is 7.05 Å². The molecule has 0 aliphatic rings. The molecule has 1 aromatic carbocycles. The summed E-state index contributed by atoms with van der Waals surface area (Å²) in [4.78, 5) is 11.0. The largest absolute Gasteiger partial charge is 0.493 e. The van der Waals surface area contributed by atoms with Gasteiger partial charge in [0.2, 0.25) is 0 Å². The van der Waals surface area contributed by atoms with Gasteiger partial charge in [-0.05, 0) is 28.1 Å². The number of nitrogens with zero attached hydrogens (tertiary/aromatic N) is 3. The highest BCUT2D eigenvalue weighted by Crippen LogP contribution is 2.37. The summed E-state index contributed by atoms with van der Waals surface area (Å²) in [7, 11) is 3.21. The van der Waals surface area contributed by atoms with Gasteiger partial charge in [0.1, 0.15) is 12.3 Å². The quantitative estimate of drug-likeness (QED) is 0.893. The van der Waals surface area contributed by atoms with Crippen LogP contribution in [0.5, 0.6) is 11.5 Å². The van der Waals surface area contributed by atoms with E-state index in [1.165, 1.54) is 19.2 Å². The summed E-state index contributed by atoms with van der Waals surface area (Å²) in [5.41, 5.74) is 0.768. The van der Waals surface area contributed by atoms with Crippen molar-refractivity contribution in [3.63, 3.8) is 0 Å². The molecule has 0 unspecified atom stereocenters. The van der Waals surface area contributed by atoms with Crippen molar-refractivity contribution >= 4 is 21.9 Å². The molecule has 1 heterocycles. The molecule has 0 radical (unpaired) electrons. The van der Waals surface area contributed by atoms with Crippen molar-refractivity contribution in [1.29, 1.82) is 0 Å². The fraction of sp³-hybridized carbons (Fsp3) is 0.250. The van der Waals surface area contributed by atoms with Gasteiger partial charge in [-0.25, -0.2) is 4.79 Å². The standard InChI is InChI=1S/C12H12BrN3O4/c1-16-5-8(14-15-16)6-20-11-9(13)3-7(12(17)18)4-10(11)19-2/h3-5H,6H2,1-2H3,(H,17,18). The summed E-state index contributed by atoms with van der Waals surface area (Å²) >= 11 is 3.28. The Balaban J connectivity index is 2.24. The summed E-state index contributed by atoms with van der Waals surface area (Å²) in [6.45, 7) is 0.204. The molecule has 8 heteroatoms. The maximum Gasteiger partial charge on any atom is 0.335 e. The van der Waals surface area contributed by atoms with Gasteiger partial charge in [0.25, 0.3) is 0 Å². The number of carboxylic acid groups (broad SMARTS) is 1. The molecule has 106 valence electrons. The zero-order valence-corrected chi connectivity index (χ0v) is 12.4. The molecular formula is C12H12BrN3O4. The van der Waals surface area contributed by atoms with Gasteiger partial charge in [-0.3, -0.25) is 4.68 Å². The summed E-state index contributed by atoms with van der Waals surface area (Å²) in [6.07, 6.45) is 1.73. The predicted octanol–water partition coefficient (Wildman–Crippen LogP) is 1.86. The zero-order chi connectivity index (χ0) is 14.7. The van der Waals surface area contributed by atoms with Crippen LogP contribution < -0.4 is 9.47 Å². The lowest BCUT2D eigenvalue weighted by Gasteiger charge is -2.12. The van der Waals surface area contributed by atoms with E-state index in [4.69, 9.17) is 14.6 Å². The third-order valence-corrected chi connectivity index (χ3v) is 3.08. The monoisotopic (exact) mass is 341 g/mol. The first kappa shape index (κ1) is 14.3. The van der Waals surface area contributed by atoms with Crippen molar-refractivity contribution in [2.75, 3.05) is 7.11 Å². The van der Waals surface area contributed by atoms with Crippen LogP contribution in [0.3, 0.4) is 0 Å². The summed E-state index contributed by atoms with van der Waals surface area (Å²) in [5.74, 6) is -0.284. The van der Waals surface area contributed by atoms with Crippen LogP contribution in [0.15, 0.2) is 22.8 Å². The molecule has 0 atom stereocenters. The molecule has 0 amide bonds. The van der Waals surface area contributed by atoms with Crippen molar-refractivity contribution in [3.05, 3.63) is 34.1 Å². The number of halogens is 1.